The highest BCUT2D eigenvalue weighted by molar-refractivity contribution is 6.05. The Hall–Kier alpha value is -4.68. The summed E-state index contributed by atoms with van der Waals surface area (Å²) >= 11 is 0. The standard InChI is InChI=1S/C35H46N6O6/c1-35(2,3)47-34(44)40-28-14-8-7-13-27(28)37-32(42)30-18-17-25(24-36-30)26(12-6-5-11-19-41-20-22-46-23-21-41)38-33(43)39-29-15-9-10-16-31(29)45-4/h7-10,13-18,24,26H,5-6,11-12,19-23H2,1-4H3,(H,37,42)(H,40,44)(H2,38,39,43). The predicted octanol–water partition coefficient (Wildman–Crippen LogP) is 6.44. The van der Waals surface area contributed by atoms with Gasteiger partial charge < -0.3 is 30.2 Å². The third kappa shape index (κ3) is 11.6. The van der Waals surface area contributed by atoms with E-state index in [-0.39, 0.29) is 17.8 Å². The van der Waals surface area contributed by atoms with Crippen LogP contribution in [0.2, 0.25) is 0 Å². The molecular formula is C35H46N6O6. The van der Waals surface area contributed by atoms with Crippen molar-refractivity contribution in [3.8, 4) is 5.75 Å². The van der Waals surface area contributed by atoms with Gasteiger partial charge in [-0.1, -0.05) is 43.2 Å². The van der Waals surface area contributed by atoms with Crippen LogP contribution in [0.1, 0.15) is 68.5 Å². The number of methoxy groups -OCH3 is 1. The van der Waals surface area contributed by atoms with Gasteiger partial charge in [-0.25, -0.2) is 9.59 Å². The van der Waals surface area contributed by atoms with E-state index in [9.17, 15) is 14.4 Å². The molecule has 1 aliphatic heterocycles. The van der Waals surface area contributed by atoms with E-state index in [4.69, 9.17) is 14.2 Å². The molecule has 47 heavy (non-hydrogen) atoms. The average Bonchev–Trinajstić information content (AvgIpc) is 3.05. The molecular weight excluding hydrogens is 600 g/mol. The molecule has 4 amide bonds. The summed E-state index contributed by atoms with van der Waals surface area (Å²) in [4.78, 5) is 45.4. The van der Waals surface area contributed by atoms with Gasteiger partial charge in [0, 0.05) is 19.3 Å². The van der Waals surface area contributed by atoms with Crippen molar-refractivity contribution in [1.82, 2.24) is 15.2 Å². The topological polar surface area (TPSA) is 143 Å². The van der Waals surface area contributed by atoms with Crippen LogP contribution in [-0.2, 0) is 9.47 Å². The van der Waals surface area contributed by atoms with Gasteiger partial charge in [-0.2, -0.15) is 0 Å². The van der Waals surface area contributed by atoms with E-state index >= 15 is 0 Å². The first-order valence-electron chi connectivity index (χ1n) is 16.0. The van der Waals surface area contributed by atoms with Crippen molar-refractivity contribution in [2.45, 2.75) is 58.1 Å². The van der Waals surface area contributed by atoms with Crippen LogP contribution in [0.5, 0.6) is 5.75 Å². The number of hydrogen-bond donors (Lipinski definition) is 4. The van der Waals surface area contributed by atoms with Gasteiger partial charge in [0.25, 0.3) is 5.91 Å². The molecule has 12 heteroatoms. The van der Waals surface area contributed by atoms with E-state index in [2.05, 4.69) is 31.2 Å². The molecule has 1 fully saturated rings. The van der Waals surface area contributed by atoms with Crippen molar-refractivity contribution >= 4 is 35.1 Å². The highest BCUT2D eigenvalue weighted by atomic mass is 16.6. The van der Waals surface area contributed by atoms with Crippen molar-refractivity contribution < 1.29 is 28.6 Å². The minimum absolute atomic E-state index is 0.184. The largest absolute Gasteiger partial charge is 0.495 e. The molecule has 0 radical (unpaired) electrons. The molecule has 0 aliphatic carbocycles. The van der Waals surface area contributed by atoms with Crippen LogP contribution < -0.4 is 26.0 Å². The summed E-state index contributed by atoms with van der Waals surface area (Å²) in [5, 5.41) is 11.4. The number of pyridine rings is 1. The Morgan fingerprint density at radius 2 is 1.55 bits per heavy atom. The second-order valence-electron chi connectivity index (χ2n) is 12.3. The molecule has 1 aliphatic rings. The molecule has 2 heterocycles. The number of anilines is 3. The average molecular weight is 647 g/mol. The molecule has 0 bridgehead atoms. The number of hydrogen-bond acceptors (Lipinski definition) is 8. The van der Waals surface area contributed by atoms with E-state index < -0.39 is 17.6 Å². The fourth-order valence-electron chi connectivity index (χ4n) is 5.12. The quantitative estimate of drug-likeness (QED) is 0.155. The molecule has 1 aromatic heterocycles. The smallest absolute Gasteiger partial charge is 0.412 e. The molecule has 2 aromatic carbocycles. The van der Waals surface area contributed by atoms with E-state index in [1.807, 2.05) is 12.1 Å². The van der Waals surface area contributed by atoms with Gasteiger partial charge in [-0.3, -0.25) is 20.0 Å². The van der Waals surface area contributed by atoms with Crippen molar-refractivity contribution in [3.63, 3.8) is 0 Å². The molecule has 1 atom stereocenters. The third-order valence-electron chi connectivity index (χ3n) is 7.46. The summed E-state index contributed by atoms with van der Waals surface area (Å²) in [6, 6.07) is 16.8. The molecule has 252 valence electrons. The lowest BCUT2D eigenvalue weighted by Crippen LogP contribution is -2.36. The minimum Gasteiger partial charge on any atom is -0.495 e. The Bertz CT molecular complexity index is 1470. The van der Waals surface area contributed by atoms with Crippen LogP contribution in [0, 0.1) is 0 Å². The van der Waals surface area contributed by atoms with Crippen molar-refractivity contribution in [2.24, 2.45) is 0 Å². The monoisotopic (exact) mass is 646 g/mol. The summed E-state index contributed by atoms with van der Waals surface area (Å²) in [7, 11) is 1.55. The highest BCUT2D eigenvalue weighted by Gasteiger charge is 2.20. The Morgan fingerprint density at radius 1 is 0.872 bits per heavy atom. The van der Waals surface area contributed by atoms with Crippen LogP contribution >= 0.6 is 0 Å². The van der Waals surface area contributed by atoms with Gasteiger partial charge in [0.05, 0.1) is 43.4 Å². The zero-order chi connectivity index (χ0) is 33.6. The van der Waals surface area contributed by atoms with Gasteiger partial charge in [0.2, 0.25) is 0 Å². The number of carbonyl (C=O) groups is 3. The maximum Gasteiger partial charge on any atom is 0.412 e. The first kappa shape index (κ1) is 35.2. The summed E-state index contributed by atoms with van der Waals surface area (Å²) in [6.45, 7) is 9.83. The number of morpholine rings is 1. The Labute approximate surface area is 276 Å². The normalized spacial score (nSPS) is 14.0. The lowest BCUT2D eigenvalue weighted by Gasteiger charge is -2.26. The number of para-hydroxylation sites is 4. The van der Waals surface area contributed by atoms with Crippen LogP contribution in [0.3, 0.4) is 0 Å². The molecule has 4 N–H and O–H groups in total. The molecule has 1 unspecified atom stereocenters. The second kappa shape index (κ2) is 17.3. The Kier molecular flexibility index (Phi) is 12.9. The summed E-state index contributed by atoms with van der Waals surface area (Å²) in [5.74, 6) is 0.110. The van der Waals surface area contributed by atoms with Gasteiger partial charge in [-0.05, 0) is 76.1 Å². The van der Waals surface area contributed by atoms with E-state index in [1.54, 1.807) is 82.6 Å². The third-order valence-corrected chi connectivity index (χ3v) is 7.46. The molecule has 1 saturated heterocycles. The number of nitrogens with one attached hydrogen (secondary N) is 4. The van der Waals surface area contributed by atoms with E-state index in [1.165, 1.54) is 0 Å². The molecule has 0 saturated carbocycles. The number of rotatable bonds is 13. The van der Waals surface area contributed by atoms with Gasteiger partial charge in [0.1, 0.15) is 17.0 Å². The number of urea groups is 1. The highest BCUT2D eigenvalue weighted by Crippen LogP contribution is 2.26. The lowest BCUT2D eigenvalue weighted by atomic mass is 10.0. The zero-order valence-electron chi connectivity index (χ0n) is 27.6. The molecule has 0 spiro atoms. The lowest BCUT2D eigenvalue weighted by molar-refractivity contribution is 0.0371. The van der Waals surface area contributed by atoms with Crippen LogP contribution in [0.4, 0.5) is 26.7 Å². The number of unbranched alkanes of at least 4 members (excludes halogenated alkanes) is 2. The Balaban J connectivity index is 1.40. The first-order chi connectivity index (χ1) is 22.6. The number of nitrogens with zero attached hydrogens (tertiary/aromatic N) is 2. The number of benzene rings is 2. The number of ether oxygens (including phenoxy) is 3. The minimum atomic E-state index is -0.668. The fraction of sp³-hybridized carbons (Fsp3) is 0.429. The Morgan fingerprint density at radius 3 is 2.21 bits per heavy atom. The van der Waals surface area contributed by atoms with Crippen LogP contribution in [0.25, 0.3) is 0 Å². The summed E-state index contributed by atoms with van der Waals surface area (Å²) in [5.41, 5.74) is 1.65. The SMILES string of the molecule is COc1ccccc1NC(=O)NC(CCCCCN1CCOCC1)c1ccc(C(=O)Nc2ccccc2NC(=O)OC(C)(C)C)nc1. The summed E-state index contributed by atoms with van der Waals surface area (Å²) < 4.78 is 16.2. The van der Waals surface area contributed by atoms with Crippen molar-refractivity contribution in [1.29, 1.82) is 0 Å². The van der Waals surface area contributed by atoms with E-state index in [0.29, 0.717) is 29.2 Å². The number of amides is 4. The molecule has 3 aromatic rings. The number of carbonyl (C=O) groups excluding carboxylic acids is 3. The number of aromatic nitrogens is 1. The predicted molar refractivity (Wildman–Crippen MR) is 182 cm³/mol. The fourth-order valence-corrected chi connectivity index (χ4v) is 5.12. The summed E-state index contributed by atoms with van der Waals surface area (Å²) in [6.07, 6.45) is 4.64. The maximum absolute atomic E-state index is 13.2. The van der Waals surface area contributed by atoms with Crippen LogP contribution in [-0.4, -0.2) is 73.5 Å². The van der Waals surface area contributed by atoms with Gasteiger partial charge >= 0.3 is 12.1 Å². The second-order valence-corrected chi connectivity index (χ2v) is 12.3. The molecule has 4 rings (SSSR count). The van der Waals surface area contributed by atoms with Gasteiger partial charge in [-0.15, -0.1) is 0 Å². The van der Waals surface area contributed by atoms with Crippen molar-refractivity contribution in [2.75, 3.05) is 55.9 Å². The van der Waals surface area contributed by atoms with Crippen LogP contribution in [0.15, 0.2) is 66.9 Å². The molecule has 12 nitrogen and oxygen atoms in total. The van der Waals surface area contributed by atoms with Crippen molar-refractivity contribution in [3.05, 3.63) is 78.1 Å². The maximum atomic E-state index is 13.2. The first-order valence-corrected chi connectivity index (χ1v) is 16.0. The van der Waals surface area contributed by atoms with E-state index in [0.717, 1.165) is 57.7 Å². The zero-order valence-corrected chi connectivity index (χ0v) is 27.6. The van der Waals surface area contributed by atoms with Gasteiger partial charge in [0.15, 0.2) is 0 Å².